The summed E-state index contributed by atoms with van der Waals surface area (Å²) < 4.78 is 5.65. The molecule has 0 radical (unpaired) electrons. The molecule has 1 aromatic rings. The molecule has 4 nitrogen and oxygen atoms in total. The first kappa shape index (κ1) is 16.8. The van der Waals surface area contributed by atoms with Gasteiger partial charge in [0.2, 0.25) is 0 Å². The molecule has 1 aliphatic rings. The molecule has 0 bridgehead atoms. The highest BCUT2D eigenvalue weighted by molar-refractivity contribution is 5.77. The van der Waals surface area contributed by atoms with Crippen LogP contribution in [-0.2, 0) is 4.79 Å². The first-order chi connectivity index (χ1) is 10.5. The van der Waals surface area contributed by atoms with Crippen molar-refractivity contribution >= 4 is 5.91 Å². The number of carbonyl (C=O) groups excluding carboxylic acids is 1. The van der Waals surface area contributed by atoms with Crippen LogP contribution in [0.5, 0.6) is 5.75 Å². The number of benzene rings is 1. The fourth-order valence-electron chi connectivity index (χ4n) is 2.46. The van der Waals surface area contributed by atoms with Gasteiger partial charge < -0.3 is 15.2 Å². The number of aryl methyl sites for hydroxylation is 1. The van der Waals surface area contributed by atoms with Crippen molar-refractivity contribution < 1.29 is 14.6 Å². The van der Waals surface area contributed by atoms with Gasteiger partial charge in [0.25, 0.3) is 5.91 Å². The first-order valence-corrected chi connectivity index (χ1v) is 8.07. The van der Waals surface area contributed by atoms with Gasteiger partial charge in [-0.05, 0) is 54.7 Å². The van der Waals surface area contributed by atoms with Gasteiger partial charge in [0.15, 0.2) is 6.61 Å². The summed E-state index contributed by atoms with van der Waals surface area (Å²) in [6, 6.07) is 6.13. The number of carbonyl (C=O) groups is 1. The van der Waals surface area contributed by atoms with Crippen LogP contribution in [0.3, 0.4) is 0 Å². The molecule has 0 aliphatic heterocycles. The van der Waals surface area contributed by atoms with Crippen molar-refractivity contribution in [2.24, 2.45) is 5.41 Å². The number of rotatable bonds is 8. The Morgan fingerprint density at radius 3 is 2.73 bits per heavy atom. The zero-order valence-electron chi connectivity index (χ0n) is 13.8. The third-order valence-corrected chi connectivity index (χ3v) is 4.51. The molecule has 0 spiro atoms. The molecule has 0 atom stereocenters. The van der Waals surface area contributed by atoms with E-state index in [1.165, 1.54) is 5.56 Å². The minimum atomic E-state index is -0.108. The maximum Gasteiger partial charge on any atom is 0.257 e. The van der Waals surface area contributed by atoms with Crippen molar-refractivity contribution in [2.75, 3.05) is 19.8 Å². The molecular weight excluding hydrogens is 278 g/mol. The Kier molecular flexibility index (Phi) is 5.46. The lowest BCUT2D eigenvalue weighted by molar-refractivity contribution is -0.123. The Bertz CT molecular complexity index is 521. The second-order valence-electron chi connectivity index (χ2n) is 6.73. The van der Waals surface area contributed by atoms with Crippen molar-refractivity contribution in [2.45, 2.75) is 46.0 Å². The Labute approximate surface area is 132 Å². The fraction of sp³-hybridized carbons (Fsp3) is 0.611. The lowest BCUT2D eigenvalue weighted by Gasteiger charge is -2.14. The quantitative estimate of drug-likeness (QED) is 0.776. The van der Waals surface area contributed by atoms with Crippen molar-refractivity contribution in [1.82, 2.24) is 5.32 Å². The van der Waals surface area contributed by atoms with Crippen molar-refractivity contribution in [3.8, 4) is 5.75 Å². The van der Waals surface area contributed by atoms with Gasteiger partial charge in [0, 0.05) is 13.2 Å². The summed E-state index contributed by atoms with van der Waals surface area (Å²) in [7, 11) is 0. The monoisotopic (exact) mass is 305 g/mol. The first-order valence-electron chi connectivity index (χ1n) is 8.07. The Morgan fingerprint density at radius 2 is 2.14 bits per heavy atom. The molecule has 0 unspecified atom stereocenters. The van der Waals surface area contributed by atoms with Gasteiger partial charge in [-0.1, -0.05) is 26.0 Å². The number of aliphatic hydroxyl groups excluding tert-OH is 1. The number of aliphatic hydroxyl groups is 1. The average molecular weight is 305 g/mol. The number of amides is 1. The summed E-state index contributed by atoms with van der Waals surface area (Å²) in [5, 5.41) is 12.1. The molecular formula is C18H27NO3. The predicted molar refractivity (Wildman–Crippen MR) is 87.1 cm³/mol. The molecule has 0 aromatic heterocycles. The lowest BCUT2D eigenvalue weighted by Crippen LogP contribution is -2.31. The summed E-state index contributed by atoms with van der Waals surface area (Å²) in [6.45, 7) is 7.12. The number of hydrogen-bond donors (Lipinski definition) is 2. The largest absolute Gasteiger partial charge is 0.483 e. The minimum Gasteiger partial charge on any atom is -0.483 e. The number of hydrogen-bond acceptors (Lipinski definition) is 3. The molecule has 122 valence electrons. The predicted octanol–water partition coefficient (Wildman–Crippen LogP) is 2.78. The van der Waals surface area contributed by atoms with E-state index in [9.17, 15) is 9.90 Å². The van der Waals surface area contributed by atoms with Gasteiger partial charge in [0.05, 0.1) is 0 Å². The third kappa shape index (κ3) is 4.47. The number of ether oxygens (including phenoxy) is 1. The molecule has 22 heavy (non-hydrogen) atoms. The van der Waals surface area contributed by atoms with Crippen LogP contribution in [0.4, 0.5) is 0 Å². The van der Waals surface area contributed by atoms with Gasteiger partial charge in [-0.2, -0.15) is 0 Å². The highest BCUT2D eigenvalue weighted by Crippen LogP contribution is 2.47. The number of nitrogens with one attached hydrogen (secondary N) is 1. The van der Waals surface area contributed by atoms with E-state index in [2.05, 4.69) is 25.2 Å². The van der Waals surface area contributed by atoms with Crippen LogP contribution in [0.2, 0.25) is 0 Å². The summed E-state index contributed by atoms with van der Waals surface area (Å²) in [6.07, 6.45) is 2.98. The van der Waals surface area contributed by atoms with E-state index >= 15 is 0 Å². The van der Waals surface area contributed by atoms with Crippen LogP contribution in [-0.4, -0.2) is 30.8 Å². The van der Waals surface area contributed by atoms with Crippen LogP contribution in [0, 0.1) is 12.3 Å². The molecule has 1 aliphatic carbocycles. The normalized spacial score (nSPS) is 15.7. The molecule has 2 N–H and O–H groups in total. The van der Waals surface area contributed by atoms with E-state index in [0.717, 1.165) is 30.6 Å². The van der Waals surface area contributed by atoms with Crippen molar-refractivity contribution in [3.05, 3.63) is 29.3 Å². The van der Waals surface area contributed by atoms with Crippen LogP contribution >= 0.6 is 0 Å². The van der Waals surface area contributed by atoms with Gasteiger partial charge in [-0.15, -0.1) is 0 Å². The fourth-order valence-corrected chi connectivity index (χ4v) is 2.46. The highest BCUT2D eigenvalue weighted by atomic mass is 16.5. The molecule has 4 heteroatoms. The Balaban J connectivity index is 1.77. The molecule has 1 saturated carbocycles. The highest BCUT2D eigenvalue weighted by Gasteiger charge is 2.41. The van der Waals surface area contributed by atoms with E-state index in [4.69, 9.17) is 4.74 Å². The van der Waals surface area contributed by atoms with Gasteiger partial charge in [-0.25, -0.2) is 0 Å². The molecule has 2 rings (SSSR count). The maximum atomic E-state index is 11.8. The second kappa shape index (κ2) is 7.14. The zero-order chi connectivity index (χ0) is 16.2. The molecule has 1 aromatic carbocycles. The van der Waals surface area contributed by atoms with Crippen LogP contribution in [0.25, 0.3) is 0 Å². The van der Waals surface area contributed by atoms with E-state index in [0.29, 0.717) is 12.5 Å². The van der Waals surface area contributed by atoms with Gasteiger partial charge in [0.1, 0.15) is 5.75 Å². The lowest BCUT2D eigenvalue weighted by atomic mass is 10.0. The van der Waals surface area contributed by atoms with E-state index in [1.54, 1.807) is 0 Å². The smallest absolute Gasteiger partial charge is 0.257 e. The standard InChI is InChI=1S/C18H27NO3/c1-13(2)15-5-4-14(3)16(10-15)22-11-17(21)19-9-8-18(12-20)6-7-18/h4-5,10,13,20H,6-9,11-12H2,1-3H3,(H,19,21). The van der Waals surface area contributed by atoms with E-state index < -0.39 is 0 Å². The van der Waals surface area contributed by atoms with Crippen LogP contribution in [0.15, 0.2) is 18.2 Å². The van der Waals surface area contributed by atoms with E-state index in [-0.39, 0.29) is 24.5 Å². The topological polar surface area (TPSA) is 58.6 Å². The molecule has 0 heterocycles. The molecule has 0 saturated heterocycles. The SMILES string of the molecule is Cc1ccc(C(C)C)cc1OCC(=O)NCCC1(CO)CC1. The summed E-state index contributed by atoms with van der Waals surface area (Å²) in [4.78, 5) is 11.8. The minimum absolute atomic E-state index is 0.0362. The Hall–Kier alpha value is -1.55. The van der Waals surface area contributed by atoms with E-state index in [1.807, 2.05) is 19.1 Å². The summed E-state index contributed by atoms with van der Waals surface area (Å²) >= 11 is 0. The summed E-state index contributed by atoms with van der Waals surface area (Å²) in [5.41, 5.74) is 2.32. The molecule has 1 fully saturated rings. The summed E-state index contributed by atoms with van der Waals surface area (Å²) in [5.74, 6) is 1.10. The van der Waals surface area contributed by atoms with Crippen molar-refractivity contribution in [1.29, 1.82) is 0 Å². The zero-order valence-corrected chi connectivity index (χ0v) is 13.8. The van der Waals surface area contributed by atoms with Gasteiger partial charge in [-0.3, -0.25) is 4.79 Å². The van der Waals surface area contributed by atoms with Gasteiger partial charge >= 0.3 is 0 Å². The van der Waals surface area contributed by atoms with Crippen LogP contribution < -0.4 is 10.1 Å². The average Bonchev–Trinajstić information content (AvgIpc) is 3.26. The maximum absolute atomic E-state index is 11.8. The Morgan fingerprint density at radius 1 is 1.41 bits per heavy atom. The second-order valence-corrected chi connectivity index (χ2v) is 6.73. The van der Waals surface area contributed by atoms with Crippen molar-refractivity contribution in [3.63, 3.8) is 0 Å². The molecule has 1 amide bonds. The van der Waals surface area contributed by atoms with Crippen LogP contribution in [0.1, 0.15) is 50.2 Å². The third-order valence-electron chi connectivity index (χ3n) is 4.51.